The van der Waals surface area contributed by atoms with Crippen molar-refractivity contribution < 1.29 is 18.0 Å². The molecule has 0 bridgehead atoms. The number of nitrogens with one attached hydrogen (secondary N) is 1. The molecule has 0 aliphatic carbocycles. The van der Waals surface area contributed by atoms with Crippen LogP contribution in [-0.2, 0) is 30.5 Å². The van der Waals surface area contributed by atoms with Gasteiger partial charge in [-0.2, -0.15) is 23.4 Å². The maximum atomic E-state index is 12.6. The van der Waals surface area contributed by atoms with Crippen LogP contribution in [0.2, 0.25) is 0 Å². The van der Waals surface area contributed by atoms with Gasteiger partial charge >= 0.3 is 6.18 Å². The molecule has 1 N–H and O–H groups in total. The number of amides is 1. The van der Waals surface area contributed by atoms with Crippen LogP contribution >= 0.6 is 0 Å². The molecule has 2 heterocycles. The highest BCUT2D eigenvalue weighted by Gasteiger charge is 2.34. The molecule has 0 atom stereocenters. The van der Waals surface area contributed by atoms with Crippen molar-refractivity contribution in [3.8, 4) is 0 Å². The number of nitrogens with zero attached hydrogens (tertiary/aromatic N) is 4. The summed E-state index contributed by atoms with van der Waals surface area (Å²) in [5.41, 5.74) is 2.45. The van der Waals surface area contributed by atoms with E-state index in [2.05, 4.69) is 15.5 Å². The third-order valence-corrected chi connectivity index (χ3v) is 4.10. The zero-order valence-electron chi connectivity index (χ0n) is 14.7. The number of hydrogen-bond acceptors (Lipinski definition) is 3. The molecule has 6 nitrogen and oxygen atoms in total. The van der Waals surface area contributed by atoms with Crippen molar-refractivity contribution in [3.63, 3.8) is 0 Å². The van der Waals surface area contributed by atoms with E-state index >= 15 is 0 Å². The van der Waals surface area contributed by atoms with Gasteiger partial charge in [0.15, 0.2) is 5.69 Å². The maximum Gasteiger partial charge on any atom is 0.435 e. The van der Waals surface area contributed by atoms with E-state index in [1.165, 1.54) is 4.68 Å². The Hall–Kier alpha value is -2.32. The van der Waals surface area contributed by atoms with Gasteiger partial charge < -0.3 is 5.32 Å². The minimum Gasteiger partial charge on any atom is -0.353 e. The molecule has 2 rings (SSSR count). The molecule has 1 amide bonds. The van der Waals surface area contributed by atoms with Crippen LogP contribution in [0.4, 0.5) is 13.2 Å². The molecular formula is C16H22F3N5O. The van der Waals surface area contributed by atoms with E-state index in [-0.39, 0.29) is 25.5 Å². The first-order chi connectivity index (χ1) is 11.6. The lowest BCUT2D eigenvalue weighted by molar-refractivity contribution is -0.141. The summed E-state index contributed by atoms with van der Waals surface area (Å²) in [5.74, 6) is -0.242. The molecule has 0 aliphatic heterocycles. The molecule has 0 unspecified atom stereocenters. The van der Waals surface area contributed by atoms with Gasteiger partial charge in [0.2, 0.25) is 5.91 Å². The second-order valence-corrected chi connectivity index (χ2v) is 5.90. The Morgan fingerprint density at radius 2 is 1.88 bits per heavy atom. The van der Waals surface area contributed by atoms with Crippen LogP contribution in [0.25, 0.3) is 0 Å². The van der Waals surface area contributed by atoms with E-state index in [1.807, 2.05) is 20.8 Å². The number of aryl methyl sites for hydroxylation is 2. The van der Waals surface area contributed by atoms with Crippen molar-refractivity contribution in [2.45, 2.75) is 53.4 Å². The average Bonchev–Trinajstić information content (AvgIpc) is 3.00. The van der Waals surface area contributed by atoms with E-state index < -0.39 is 11.9 Å². The monoisotopic (exact) mass is 357 g/mol. The topological polar surface area (TPSA) is 64.7 Å². The van der Waals surface area contributed by atoms with Crippen LogP contribution in [0.15, 0.2) is 6.07 Å². The second-order valence-electron chi connectivity index (χ2n) is 5.90. The van der Waals surface area contributed by atoms with E-state index in [0.717, 1.165) is 29.4 Å². The van der Waals surface area contributed by atoms with Gasteiger partial charge in [0.1, 0.15) is 6.54 Å². The zero-order valence-corrected chi connectivity index (χ0v) is 14.7. The predicted molar refractivity (Wildman–Crippen MR) is 86.1 cm³/mol. The van der Waals surface area contributed by atoms with Gasteiger partial charge in [-0.05, 0) is 38.8 Å². The second kappa shape index (κ2) is 7.28. The molecular weight excluding hydrogens is 335 g/mol. The Labute approximate surface area is 144 Å². The van der Waals surface area contributed by atoms with Crippen molar-refractivity contribution in [1.29, 1.82) is 0 Å². The molecule has 0 spiro atoms. The first-order valence-corrected chi connectivity index (χ1v) is 8.04. The summed E-state index contributed by atoms with van der Waals surface area (Å²) in [6.45, 7) is 7.84. The van der Waals surface area contributed by atoms with E-state index in [1.54, 1.807) is 11.6 Å². The lowest BCUT2D eigenvalue weighted by atomic mass is 10.1. The molecule has 9 heteroatoms. The summed E-state index contributed by atoms with van der Waals surface area (Å²) in [6.07, 6.45) is -3.62. The highest BCUT2D eigenvalue weighted by molar-refractivity contribution is 5.75. The minimum absolute atomic E-state index is 0.0819. The summed E-state index contributed by atoms with van der Waals surface area (Å²) in [6, 6.07) is 0.990. The third kappa shape index (κ3) is 4.40. The summed E-state index contributed by atoms with van der Waals surface area (Å²) in [5, 5.41) is 10.6. The quantitative estimate of drug-likeness (QED) is 0.863. The number of hydrogen-bond donors (Lipinski definition) is 1. The third-order valence-electron chi connectivity index (χ3n) is 4.10. The summed E-state index contributed by atoms with van der Waals surface area (Å²) < 4.78 is 40.7. The molecule has 0 aromatic carbocycles. The van der Waals surface area contributed by atoms with Crippen molar-refractivity contribution >= 4 is 5.91 Å². The molecule has 0 aliphatic rings. The van der Waals surface area contributed by atoms with Gasteiger partial charge in [0.05, 0.1) is 12.2 Å². The smallest absolute Gasteiger partial charge is 0.353 e. The fourth-order valence-corrected chi connectivity index (χ4v) is 2.77. The number of aromatic nitrogens is 4. The summed E-state index contributed by atoms with van der Waals surface area (Å²) in [7, 11) is 0. The number of halogens is 3. The number of carbonyl (C=O) groups excluding carboxylic acids is 1. The molecule has 138 valence electrons. The van der Waals surface area contributed by atoms with Crippen LogP contribution in [-0.4, -0.2) is 32.0 Å². The Morgan fingerprint density at radius 3 is 2.40 bits per heavy atom. The van der Waals surface area contributed by atoms with Crippen LogP contribution in [0, 0.1) is 20.8 Å². The fraction of sp³-hybridized carbons (Fsp3) is 0.562. The molecule has 0 saturated carbocycles. The predicted octanol–water partition coefficient (Wildman–Crippen LogP) is 2.40. The number of carbonyl (C=O) groups is 1. The first kappa shape index (κ1) is 19.0. The normalized spacial score (nSPS) is 11.8. The highest BCUT2D eigenvalue weighted by atomic mass is 19.4. The van der Waals surface area contributed by atoms with E-state index in [0.29, 0.717) is 5.69 Å². The van der Waals surface area contributed by atoms with Crippen molar-refractivity contribution in [2.75, 3.05) is 6.54 Å². The molecule has 0 radical (unpaired) electrons. The van der Waals surface area contributed by atoms with E-state index in [9.17, 15) is 18.0 Å². The van der Waals surface area contributed by atoms with Gasteiger partial charge in [0, 0.05) is 17.9 Å². The summed E-state index contributed by atoms with van der Waals surface area (Å²) >= 11 is 0. The molecule has 2 aromatic rings. The highest BCUT2D eigenvalue weighted by Crippen LogP contribution is 2.28. The van der Waals surface area contributed by atoms with Gasteiger partial charge in [-0.25, -0.2) is 0 Å². The first-order valence-electron chi connectivity index (χ1n) is 8.04. The number of alkyl halides is 3. The van der Waals surface area contributed by atoms with Crippen LogP contribution < -0.4 is 5.32 Å². The zero-order chi connectivity index (χ0) is 18.8. The van der Waals surface area contributed by atoms with E-state index in [4.69, 9.17) is 0 Å². The van der Waals surface area contributed by atoms with Crippen LogP contribution in [0.5, 0.6) is 0 Å². The Balaban J connectivity index is 1.90. The summed E-state index contributed by atoms with van der Waals surface area (Å²) in [4.78, 5) is 12.0. The fourth-order valence-electron chi connectivity index (χ4n) is 2.77. The van der Waals surface area contributed by atoms with Crippen LogP contribution in [0.3, 0.4) is 0 Å². The SMILES string of the molecule is CCc1c(C)nn(CC(=O)NCCn2nc(C(F)(F)F)cc2C)c1C. The average molecular weight is 357 g/mol. The van der Waals surface area contributed by atoms with Gasteiger partial charge in [0.25, 0.3) is 0 Å². The van der Waals surface area contributed by atoms with Gasteiger partial charge in [-0.3, -0.25) is 14.2 Å². The molecule has 0 fully saturated rings. The Kier molecular flexibility index (Phi) is 5.54. The van der Waals surface area contributed by atoms with Crippen molar-refractivity contribution in [3.05, 3.63) is 34.4 Å². The number of rotatable bonds is 6. The Bertz CT molecular complexity index is 761. The van der Waals surface area contributed by atoms with Crippen LogP contribution in [0.1, 0.15) is 35.3 Å². The maximum absolute atomic E-state index is 12.6. The standard InChI is InChI=1S/C16H22F3N5O/c1-5-13-11(3)21-24(12(13)4)9-15(25)20-6-7-23-10(2)8-14(22-23)16(17,18)19/h8H,5-7,9H2,1-4H3,(H,20,25). The van der Waals surface area contributed by atoms with Crippen molar-refractivity contribution in [2.24, 2.45) is 0 Å². The lowest BCUT2D eigenvalue weighted by Crippen LogP contribution is -2.31. The van der Waals surface area contributed by atoms with Crippen molar-refractivity contribution in [1.82, 2.24) is 24.9 Å². The lowest BCUT2D eigenvalue weighted by Gasteiger charge is -2.08. The van der Waals surface area contributed by atoms with Gasteiger partial charge in [-0.1, -0.05) is 6.92 Å². The molecule has 2 aromatic heterocycles. The Morgan fingerprint density at radius 1 is 1.20 bits per heavy atom. The molecule has 0 saturated heterocycles. The molecule has 25 heavy (non-hydrogen) atoms. The minimum atomic E-state index is -4.47. The largest absolute Gasteiger partial charge is 0.435 e. The van der Waals surface area contributed by atoms with Gasteiger partial charge in [-0.15, -0.1) is 0 Å².